The Morgan fingerprint density at radius 3 is 2.56 bits per heavy atom. The van der Waals surface area contributed by atoms with E-state index >= 15 is 0 Å². The van der Waals surface area contributed by atoms with Gasteiger partial charge in [0.15, 0.2) is 0 Å². The first-order valence-corrected chi connectivity index (χ1v) is 9.20. The van der Waals surface area contributed by atoms with Crippen LogP contribution in [0.15, 0.2) is 42.7 Å². The van der Waals surface area contributed by atoms with Gasteiger partial charge in [-0.05, 0) is 43.6 Å². The van der Waals surface area contributed by atoms with E-state index in [1.54, 1.807) is 0 Å². The van der Waals surface area contributed by atoms with Gasteiger partial charge < -0.3 is 10.2 Å². The quantitative estimate of drug-likeness (QED) is 0.912. The average Bonchev–Trinajstić information content (AvgIpc) is 3.47. The number of nitrogens with zero attached hydrogens (tertiary/aromatic N) is 3. The summed E-state index contributed by atoms with van der Waals surface area (Å²) in [6.45, 7) is 1.97. The van der Waals surface area contributed by atoms with Crippen LogP contribution in [0.4, 0.5) is 5.82 Å². The highest BCUT2D eigenvalue weighted by Crippen LogP contribution is 2.25. The fourth-order valence-corrected chi connectivity index (χ4v) is 3.44. The zero-order valence-corrected chi connectivity index (χ0v) is 14.4. The molecular formula is C20H24N4O. The number of hydrogen-bond donors (Lipinski definition) is 1. The minimum absolute atomic E-state index is 0.0786. The number of piperidine rings is 1. The summed E-state index contributed by atoms with van der Waals surface area (Å²) < 4.78 is 0. The van der Waals surface area contributed by atoms with Crippen LogP contribution in [0, 0.1) is 5.92 Å². The number of anilines is 1. The van der Waals surface area contributed by atoms with Gasteiger partial charge in [0, 0.05) is 25.2 Å². The second-order valence-corrected chi connectivity index (χ2v) is 7.13. The monoisotopic (exact) mass is 336 g/mol. The maximum Gasteiger partial charge on any atom is 0.270 e. The molecule has 4 rings (SSSR count). The Labute approximate surface area is 148 Å². The number of carbonyl (C=O) groups excluding carboxylic acids is 1. The lowest BCUT2D eigenvalue weighted by Crippen LogP contribution is -2.35. The van der Waals surface area contributed by atoms with Crippen LogP contribution in [0.25, 0.3) is 0 Å². The Hall–Kier alpha value is -2.43. The van der Waals surface area contributed by atoms with E-state index in [4.69, 9.17) is 0 Å². The van der Waals surface area contributed by atoms with Gasteiger partial charge in [-0.15, -0.1) is 0 Å². The second kappa shape index (κ2) is 7.21. The molecule has 2 fully saturated rings. The molecule has 2 aliphatic rings. The molecule has 25 heavy (non-hydrogen) atoms. The Balaban J connectivity index is 1.35. The van der Waals surface area contributed by atoms with Gasteiger partial charge in [0.25, 0.3) is 5.91 Å². The Kier molecular flexibility index (Phi) is 4.63. The molecule has 1 aliphatic carbocycles. The predicted octanol–water partition coefficient (Wildman–Crippen LogP) is 2.83. The highest BCUT2D eigenvalue weighted by atomic mass is 16.2. The van der Waals surface area contributed by atoms with Crippen molar-refractivity contribution >= 4 is 11.7 Å². The van der Waals surface area contributed by atoms with Gasteiger partial charge >= 0.3 is 0 Å². The summed E-state index contributed by atoms with van der Waals surface area (Å²) in [6, 6.07) is 12.9. The van der Waals surface area contributed by atoms with Gasteiger partial charge in [-0.3, -0.25) is 4.79 Å². The van der Waals surface area contributed by atoms with Crippen molar-refractivity contribution in [1.29, 1.82) is 0 Å². The molecule has 1 saturated heterocycles. The molecule has 0 radical (unpaired) electrons. The highest BCUT2D eigenvalue weighted by Gasteiger charge is 2.25. The molecule has 2 heterocycles. The van der Waals surface area contributed by atoms with Crippen LogP contribution in [0.1, 0.15) is 41.7 Å². The summed E-state index contributed by atoms with van der Waals surface area (Å²) >= 11 is 0. The number of benzene rings is 1. The SMILES string of the molecule is O=C(NC1CC1)c1cc(N2CCC(Cc3ccccc3)CC2)ncn1. The van der Waals surface area contributed by atoms with Crippen LogP contribution in [-0.4, -0.2) is 35.0 Å². The highest BCUT2D eigenvalue weighted by molar-refractivity contribution is 5.93. The largest absolute Gasteiger partial charge is 0.356 e. The third-order valence-corrected chi connectivity index (χ3v) is 5.10. The Morgan fingerprint density at radius 1 is 1.08 bits per heavy atom. The minimum Gasteiger partial charge on any atom is -0.356 e. The zero-order chi connectivity index (χ0) is 17.1. The van der Waals surface area contributed by atoms with E-state index in [2.05, 4.69) is 50.5 Å². The first kappa shape index (κ1) is 16.1. The molecule has 0 spiro atoms. The number of carbonyl (C=O) groups is 1. The molecule has 5 nitrogen and oxygen atoms in total. The van der Waals surface area contributed by atoms with Crippen LogP contribution < -0.4 is 10.2 Å². The summed E-state index contributed by atoms with van der Waals surface area (Å²) in [4.78, 5) is 23.0. The lowest BCUT2D eigenvalue weighted by Gasteiger charge is -2.33. The van der Waals surface area contributed by atoms with Crippen molar-refractivity contribution in [1.82, 2.24) is 15.3 Å². The first-order chi connectivity index (χ1) is 12.3. The number of rotatable bonds is 5. The van der Waals surface area contributed by atoms with Gasteiger partial charge in [-0.1, -0.05) is 30.3 Å². The molecule has 0 bridgehead atoms. The third-order valence-electron chi connectivity index (χ3n) is 5.10. The van der Waals surface area contributed by atoms with Crippen LogP contribution >= 0.6 is 0 Å². The van der Waals surface area contributed by atoms with Crippen molar-refractivity contribution in [2.75, 3.05) is 18.0 Å². The van der Waals surface area contributed by atoms with E-state index < -0.39 is 0 Å². The molecule has 130 valence electrons. The lowest BCUT2D eigenvalue weighted by atomic mass is 9.90. The third kappa shape index (κ3) is 4.16. The average molecular weight is 336 g/mol. The molecular weight excluding hydrogens is 312 g/mol. The predicted molar refractivity (Wildman–Crippen MR) is 97.6 cm³/mol. The van der Waals surface area contributed by atoms with Crippen molar-refractivity contribution in [2.24, 2.45) is 5.92 Å². The maximum atomic E-state index is 12.2. The number of amides is 1. The molecule has 1 saturated carbocycles. The van der Waals surface area contributed by atoms with E-state index in [9.17, 15) is 4.79 Å². The molecule has 1 aromatic heterocycles. The minimum atomic E-state index is -0.0786. The van der Waals surface area contributed by atoms with E-state index in [0.717, 1.165) is 56.9 Å². The molecule has 1 aliphatic heterocycles. The van der Waals surface area contributed by atoms with E-state index in [0.29, 0.717) is 11.7 Å². The van der Waals surface area contributed by atoms with Gasteiger partial charge in [0.2, 0.25) is 0 Å². The van der Waals surface area contributed by atoms with E-state index in [-0.39, 0.29) is 5.91 Å². The van der Waals surface area contributed by atoms with Crippen molar-refractivity contribution < 1.29 is 4.79 Å². The standard InChI is InChI=1S/C20H24N4O/c25-20(23-17-6-7-17)18-13-19(22-14-21-18)24-10-8-16(9-11-24)12-15-4-2-1-3-5-15/h1-5,13-14,16-17H,6-12H2,(H,23,25). The summed E-state index contributed by atoms with van der Waals surface area (Å²) in [5.74, 6) is 1.51. The molecule has 0 unspecified atom stereocenters. The van der Waals surface area contributed by atoms with Gasteiger partial charge in [-0.25, -0.2) is 9.97 Å². The summed E-state index contributed by atoms with van der Waals surface area (Å²) in [5, 5.41) is 2.99. The van der Waals surface area contributed by atoms with Crippen molar-refractivity contribution in [3.8, 4) is 0 Å². The number of aromatic nitrogens is 2. The summed E-state index contributed by atoms with van der Waals surface area (Å²) in [7, 11) is 0. The topological polar surface area (TPSA) is 58.1 Å². The number of nitrogens with one attached hydrogen (secondary N) is 1. The summed E-state index contributed by atoms with van der Waals surface area (Å²) in [5.41, 5.74) is 1.89. The molecule has 1 amide bonds. The van der Waals surface area contributed by atoms with Crippen molar-refractivity contribution in [2.45, 2.75) is 38.1 Å². The summed E-state index contributed by atoms with van der Waals surface area (Å²) in [6.07, 6.45) is 7.13. The first-order valence-electron chi connectivity index (χ1n) is 9.20. The van der Waals surface area contributed by atoms with E-state index in [1.165, 1.54) is 11.9 Å². The Morgan fingerprint density at radius 2 is 1.84 bits per heavy atom. The van der Waals surface area contributed by atoms with Crippen molar-refractivity contribution in [3.63, 3.8) is 0 Å². The molecule has 0 atom stereocenters. The van der Waals surface area contributed by atoms with Crippen molar-refractivity contribution in [3.05, 3.63) is 54.0 Å². The van der Waals surface area contributed by atoms with Crippen LogP contribution in [0.2, 0.25) is 0 Å². The van der Waals surface area contributed by atoms with Crippen LogP contribution in [0.5, 0.6) is 0 Å². The molecule has 1 N–H and O–H groups in total. The maximum absolute atomic E-state index is 12.2. The fourth-order valence-electron chi connectivity index (χ4n) is 3.44. The van der Waals surface area contributed by atoms with Gasteiger partial charge in [0.1, 0.15) is 17.8 Å². The van der Waals surface area contributed by atoms with E-state index in [1.807, 2.05) is 6.07 Å². The molecule has 1 aromatic carbocycles. The molecule has 2 aromatic rings. The number of hydrogen-bond acceptors (Lipinski definition) is 4. The normalized spacial score (nSPS) is 18.2. The van der Waals surface area contributed by atoms with Crippen LogP contribution in [-0.2, 0) is 6.42 Å². The smallest absolute Gasteiger partial charge is 0.270 e. The fraction of sp³-hybridized carbons (Fsp3) is 0.450. The van der Waals surface area contributed by atoms with Gasteiger partial charge in [-0.2, -0.15) is 0 Å². The van der Waals surface area contributed by atoms with Gasteiger partial charge in [0.05, 0.1) is 0 Å². The Bertz CT molecular complexity index is 721. The zero-order valence-electron chi connectivity index (χ0n) is 14.4. The van der Waals surface area contributed by atoms with Crippen LogP contribution in [0.3, 0.4) is 0 Å². The second-order valence-electron chi connectivity index (χ2n) is 7.13. The lowest BCUT2D eigenvalue weighted by molar-refractivity contribution is 0.0946. The molecule has 5 heteroatoms.